The molecule has 29 heavy (non-hydrogen) atoms. The highest BCUT2D eigenvalue weighted by Gasteiger charge is 2.22. The van der Waals surface area contributed by atoms with E-state index in [9.17, 15) is 13.6 Å². The largest absolute Gasteiger partial charge is 0.481 e. The molecule has 150 valence electrons. The molecular weight excluding hydrogens is 402 g/mol. The summed E-state index contributed by atoms with van der Waals surface area (Å²) in [5.41, 5.74) is 0.161. The molecule has 0 aliphatic rings. The van der Waals surface area contributed by atoms with Crippen molar-refractivity contribution < 1.29 is 23.0 Å². The lowest BCUT2D eigenvalue weighted by molar-refractivity contribution is -0.124. The molecule has 0 radical (unpaired) electrons. The Morgan fingerprint density at radius 1 is 1.07 bits per heavy atom. The van der Waals surface area contributed by atoms with E-state index in [-0.39, 0.29) is 16.6 Å². The maximum absolute atomic E-state index is 13.9. The number of benzene rings is 2. The highest BCUT2D eigenvalue weighted by Crippen LogP contribution is 2.26. The van der Waals surface area contributed by atoms with Gasteiger partial charge >= 0.3 is 0 Å². The number of amides is 1. The number of halogens is 3. The maximum atomic E-state index is 13.9. The Kier molecular flexibility index (Phi) is 6.29. The predicted octanol–water partition coefficient (Wildman–Crippen LogP) is 5.24. The zero-order chi connectivity index (χ0) is 21.0. The molecule has 1 heterocycles. The Hall–Kier alpha value is -3.19. The first-order valence-electron chi connectivity index (χ1n) is 8.63. The van der Waals surface area contributed by atoms with E-state index in [4.69, 9.17) is 21.1 Å². The topological polar surface area (TPSA) is 51.7 Å². The zero-order valence-corrected chi connectivity index (χ0v) is 16.4. The number of rotatable bonds is 6. The van der Waals surface area contributed by atoms with Crippen molar-refractivity contribution in [2.45, 2.75) is 13.0 Å². The number of pyridine rings is 1. The van der Waals surface area contributed by atoms with Gasteiger partial charge in [0.2, 0.25) is 0 Å². The lowest BCUT2D eigenvalue weighted by atomic mass is 10.2. The van der Waals surface area contributed by atoms with E-state index in [1.54, 1.807) is 43.3 Å². The lowest BCUT2D eigenvalue weighted by Gasteiger charge is -2.22. The van der Waals surface area contributed by atoms with Crippen molar-refractivity contribution in [3.8, 4) is 17.4 Å². The highest BCUT2D eigenvalue weighted by atomic mass is 35.5. The zero-order valence-electron chi connectivity index (χ0n) is 15.6. The van der Waals surface area contributed by atoms with Crippen LogP contribution < -0.4 is 14.4 Å². The number of carbonyl (C=O) groups excluding carboxylic acids is 1. The molecule has 0 aliphatic carbocycles. The summed E-state index contributed by atoms with van der Waals surface area (Å²) in [4.78, 5) is 17.5. The SMILES string of the molecule is C[C@@H](Oc1ccc(Oc2ncc(Cl)cc2F)cc1)C(=O)N(C)c1ccccc1F. The summed E-state index contributed by atoms with van der Waals surface area (Å²) in [7, 11) is 1.48. The van der Waals surface area contributed by atoms with Crippen molar-refractivity contribution in [1.29, 1.82) is 0 Å². The molecular formula is C21H17ClF2N2O3. The fraction of sp³-hybridized carbons (Fsp3) is 0.143. The Morgan fingerprint density at radius 3 is 2.38 bits per heavy atom. The summed E-state index contributed by atoms with van der Waals surface area (Å²) in [5, 5.41) is 0.164. The van der Waals surface area contributed by atoms with Crippen LogP contribution in [0, 0.1) is 11.6 Å². The Bertz CT molecular complexity index is 1020. The number of ether oxygens (including phenoxy) is 2. The lowest BCUT2D eigenvalue weighted by Crippen LogP contribution is -2.38. The first-order chi connectivity index (χ1) is 13.8. The van der Waals surface area contributed by atoms with Gasteiger partial charge in [0.25, 0.3) is 11.8 Å². The minimum Gasteiger partial charge on any atom is -0.481 e. The van der Waals surface area contributed by atoms with E-state index in [2.05, 4.69) is 4.98 Å². The average molecular weight is 419 g/mol. The van der Waals surface area contributed by atoms with Crippen LogP contribution in [-0.4, -0.2) is 24.0 Å². The maximum Gasteiger partial charge on any atom is 0.267 e. The molecule has 0 spiro atoms. The molecule has 3 rings (SSSR count). The van der Waals surface area contributed by atoms with Gasteiger partial charge in [-0.05, 0) is 49.4 Å². The van der Waals surface area contributed by atoms with Crippen LogP contribution in [0.2, 0.25) is 5.02 Å². The van der Waals surface area contributed by atoms with E-state index < -0.39 is 23.6 Å². The van der Waals surface area contributed by atoms with Gasteiger partial charge in [-0.2, -0.15) is 0 Å². The summed E-state index contributed by atoms with van der Waals surface area (Å²) < 4.78 is 38.6. The normalized spacial score (nSPS) is 11.6. The number of hydrogen-bond acceptors (Lipinski definition) is 4. The van der Waals surface area contributed by atoms with Crippen molar-refractivity contribution >= 4 is 23.2 Å². The quantitative estimate of drug-likeness (QED) is 0.549. The first kappa shape index (κ1) is 20.5. The molecule has 5 nitrogen and oxygen atoms in total. The number of hydrogen-bond donors (Lipinski definition) is 0. The number of aromatic nitrogens is 1. The molecule has 0 saturated carbocycles. The van der Waals surface area contributed by atoms with E-state index >= 15 is 0 Å². The monoisotopic (exact) mass is 418 g/mol. The van der Waals surface area contributed by atoms with Crippen LogP contribution in [0.15, 0.2) is 60.8 Å². The molecule has 2 aromatic carbocycles. The third kappa shape index (κ3) is 5.00. The molecule has 1 aromatic heterocycles. The van der Waals surface area contributed by atoms with Gasteiger partial charge in [0.15, 0.2) is 11.9 Å². The van der Waals surface area contributed by atoms with Gasteiger partial charge in [-0.1, -0.05) is 23.7 Å². The van der Waals surface area contributed by atoms with Gasteiger partial charge in [-0.25, -0.2) is 13.8 Å². The van der Waals surface area contributed by atoms with Gasteiger partial charge in [0, 0.05) is 13.2 Å². The number of anilines is 1. The average Bonchev–Trinajstić information content (AvgIpc) is 2.70. The summed E-state index contributed by atoms with van der Waals surface area (Å²) in [5.74, 6) is -1.09. The van der Waals surface area contributed by atoms with Crippen LogP contribution in [-0.2, 0) is 4.79 Å². The molecule has 0 bridgehead atoms. The minimum absolute atomic E-state index is 0.161. The first-order valence-corrected chi connectivity index (χ1v) is 9.00. The molecule has 0 N–H and O–H groups in total. The highest BCUT2D eigenvalue weighted by molar-refractivity contribution is 6.30. The molecule has 1 atom stereocenters. The van der Waals surface area contributed by atoms with Crippen molar-refractivity contribution in [3.63, 3.8) is 0 Å². The van der Waals surface area contributed by atoms with E-state index in [0.29, 0.717) is 11.5 Å². The van der Waals surface area contributed by atoms with Gasteiger partial charge < -0.3 is 14.4 Å². The second-order valence-electron chi connectivity index (χ2n) is 6.12. The smallest absolute Gasteiger partial charge is 0.267 e. The Morgan fingerprint density at radius 2 is 1.72 bits per heavy atom. The van der Waals surface area contributed by atoms with Gasteiger partial charge in [-0.3, -0.25) is 4.79 Å². The molecule has 3 aromatic rings. The van der Waals surface area contributed by atoms with Crippen molar-refractivity contribution in [2.75, 3.05) is 11.9 Å². The van der Waals surface area contributed by atoms with Crippen molar-refractivity contribution in [2.24, 2.45) is 0 Å². The van der Waals surface area contributed by atoms with Crippen LogP contribution in [0.1, 0.15) is 6.92 Å². The van der Waals surface area contributed by atoms with E-state index in [0.717, 1.165) is 6.07 Å². The summed E-state index contributed by atoms with van der Waals surface area (Å²) >= 11 is 5.66. The third-order valence-electron chi connectivity index (χ3n) is 4.02. The summed E-state index contributed by atoms with van der Waals surface area (Å²) in [6, 6.07) is 13.3. The number of likely N-dealkylation sites (N-methyl/N-ethyl adjacent to an activating group) is 1. The van der Waals surface area contributed by atoms with Gasteiger partial charge in [0.1, 0.15) is 17.3 Å². The molecule has 0 saturated heterocycles. The summed E-state index contributed by atoms with van der Waals surface area (Å²) in [6.45, 7) is 1.57. The second kappa shape index (κ2) is 8.87. The van der Waals surface area contributed by atoms with Crippen LogP contribution in [0.25, 0.3) is 0 Å². The second-order valence-corrected chi connectivity index (χ2v) is 6.56. The molecule has 0 aliphatic heterocycles. The predicted molar refractivity (Wildman–Crippen MR) is 106 cm³/mol. The van der Waals surface area contributed by atoms with Crippen LogP contribution >= 0.6 is 11.6 Å². The number of nitrogens with zero attached hydrogens (tertiary/aromatic N) is 2. The van der Waals surface area contributed by atoms with Crippen LogP contribution in [0.3, 0.4) is 0 Å². The van der Waals surface area contributed by atoms with E-state index in [1.807, 2.05) is 0 Å². The van der Waals surface area contributed by atoms with Crippen molar-refractivity contribution in [1.82, 2.24) is 4.98 Å². The van der Waals surface area contributed by atoms with Gasteiger partial charge in [0.05, 0.1) is 10.7 Å². The number of para-hydroxylation sites is 1. The van der Waals surface area contributed by atoms with Crippen LogP contribution in [0.4, 0.5) is 14.5 Å². The Labute approximate surface area is 171 Å². The summed E-state index contributed by atoms with van der Waals surface area (Å²) in [6.07, 6.45) is 0.415. The van der Waals surface area contributed by atoms with E-state index in [1.165, 1.54) is 30.3 Å². The molecule has 1 amide bonds. The number of carbonyl (C=O) groups is 1. The minimum atomic E-state index is -0.859. The fourth-order valence-electron chi connectivity index (χ4n) is 2.54. The fourth-order valence-corrected chi connectivity index (χ4v) is 2.69. The van der Waals surface area contributed by atoms with Crippen LogP contribution in [0.5, 0.6) is 17.4 Å². The standard InChI is InChI=1S/C21H17ClF2N2O3/c1-13(21(27)26(2)19-6-4-3-5-17(19)23)28-15-7-9-16(10-8-15)29-20-18(24)11-14(22)12-25-20/h3-13H,1-2H3/t13-/m1/s1. The van der Waals surface area contributed by atoms with Crippen molar-refractivity contribution in [3.05, 3.63) is 77.5 Å². The Balaban J connectivity index is 1.64. The third-order valence-corrected chi connectivity index (χ3v) is 4.22. The molecule has 8 heteroatoms. The van der Waals surface area contributed by atoms with Gasteiger partial charge in [-0.15, -0.1) is 0 Å². The molecule has 0 unspecified atom stereocenters. The molecule has 0 fully saturated rings.